The second kappa shape index (κ2) is 8.54. The number of hydrogen-bond donors (Lipinski definition) is 2. The second-order valence-electron chi connectivity index (χ2n) is 6.52. The van der Waals surface area contributed by atoms with E-state index in [0.29, 0.717) is 23.6 Å². The molecule has 1 saturated heterocycles. The molecule has 0 saturated carbocycles. The summed E-state index contributed by atoms with van der Waals surface area (Å²) in [7, 11) is -3.37. The maximum Gasteiger partial charge on any atom is 0.225 e. The normalized spacial score (nSPS) is 16.9. The van der Waals surface area contributed by atoms with E-state index in [4.69, 9.17) is 4.74 Å². The van der Waals surface area contributed by atoms with Crippen LogP contribution in [0.2, 0.25) is 0 Å². The summed E-state index contributed by atoms with van der Waals surface area (Å²) in [6.07, 6.45) is 2.60. The summed E-state index contributed by atoms with van der Waals surface area (Å²) in [6, 6.07) is 13.7. The lowest BCUT2D eigenvalue weighted by atomic mass is 10.1. The Balaban J connectivity index is 1.65. The van der Waals surface area contributed by atoms with E-state index in [0.717, 1.165) is 19.4 Å². The molecule has 0 radical (unpaired) electrons. The molecule has 1 unspecified atom stereocenters. The smallest absolute Gasteiger partial charge is 0.225 e. The molecule has 2 N–H and O–H groups in total. The number of anilines is 1. The van der Waals surface area contributed by atoms with Crippen LogP contribution in [-0.2, 0) is 14.6 Å². The highest BCUT2D eigenvalue weighted by Gasteiger charge is 2.19. The van der Waals surface area contributed by atoms with Gasteiger partial charge in [-0.2, -0.15) is 0 Å². The Morgan fingerprint density at radius 3 is 2.59 bits per heavy atom. The van der Waals surface area contributed by atoms with Gasteiger partial charge in [0.25, 0.3) is 0 Å². The summed E-state index contributed by atoms with van der Waals surface area (Å²) in [5.41, 5.74) is 0.680. The van der Waals surface area contributed by atoms with E-state index < -0.39 is 9.84 Å². The van der Waals surface area contributed by atoms with Crippen LogP contribution < -0.4 is 15.4 Å². The molecule has 1 aliphatic heterocycles. The highest BCUT2D eigenvalue weighted by molar-refractivity contribution is 7.91. The van der Waals surface area contributed by atoms with Gasteiger partial charge in [-0.15, -0.1) is 0 Å². The molecule has 7 heteroatoms. The van der Waals surface area contributed by atoms with Crippen molar-refractivity contribution < 1.29 is 17.9 Å². The molecule has 1 amide bonds. The molecule has 1 heterocycles. The van der Waals surface area contributed by atoms with Crippen molar-refractivity contribution in [3.8, 4) is 11.5 Å². The summed E-state index contributed by atoms with van der Waals surface area (Å²) in [6.45, 7) is 2.57. The molecule has 2 aromatic rings. The van der Waals surface area contributed by atoms with Crippen LogP contribution in [0.4, 0.5) is 5.69 Å². The van der Waals surface area contributed by atoms with Gasteiger partial charge in [0.05, 0.1) is 5.75 Å². The van der Waals surface area contributed by atoms with E-state index in [-0.39, 0.29) is 22.6 Å². The van der Waals surface area contributed by atoms with E-state index in [1.165, 1.54) is 0 Å². The lowest BCUT2D eigenvalue weighted by Crippen LogP contribution is -2.27. The van der Waals surface area contributed by atoms with E-state index in [9.17, 15) is 13.2 Å². The first-order valence-electron chi connectivity index (χ1n) is 9.11. The lowest BCUT2D eigenvalue weighted by molar-refractivity contribution is -0.116. The van der Waals surface area contributed by atoms with Crippen LogP contribution in [0.3, 0.4) is 0 Å². The largest absolute Gasteiger partial charge is 0.456 e. The topological polar surface area (TPSA) is 84.5 Å². The van der Waals surface area contributed by atoms with Crippen LogP contribution >= 0.6 is 0 Å². The summed E-state index contributed by atoms with van der Waals surface area (Å²) in [5, 5.41) is 6.18. The van der Waals surface area contributed by atoms with Gasteiger partial charge < -0.3 is 15.4 Å². The van der Waals surface area contributed by atoms with Gasteiger partial charge in [0, 0.05) is 18.2 Å². The zero-order valence-electron chi connectivity index (χ0n) is 15.3. The van der Waals surface area contributed by atoms with Crippen molar-refractivity contribution >= 4 is 21.4 Å². The first-order valence-corrected chi connectivity index (χ1v) is 10.8. The van der Waals surface area contributed by atoms with E-state index in [1.54, 1.807) is 55.5 Å². The Kier molecular flexibility index (Phi) is 6.13. The van der Waals surface area contributed by atoms with Crippen LogP contribution in [0.5, 0.6) is 11.5 Å². The van der Waals surface area contributed by atoms with Crippen molar-refractivity contribution in [3.63, 3.8) is 0 Å². The summed E-state index contributed by atoms with van der Waals surface area (Å²) >= 11 is 0. The molecule has 1 fully saturated rings. The van der Waals surface area contributed by atoms with Gasteiger partial charge in [0.2, 0.25) is 5.91 Å². The number of ether oxygens (including phenoxy) is 1. The number of hydrogen-bond acceptors (Lipinski definition) is 5. The predicted molar refractivity (Wildman–Crippen MR) is 105 cm³/mol. The molecule has 0 spiro atoms. The number of rotatable bonds is 7. The van der Waals surface area contributed by atoms with Crippen molar-refractivity contribution in [2.24, 2.45) is 0 Å². The summed E-state index contributed by atoms with van der Waals surface area (Å²) < 4.78 is 30.2. The van der Waals surface area contributed by atoms with Crippen molar-refractivity contribution in [2.75, 3.05) is 17.6 Å². The molecule has 0 aliphatic carbocycles. The molecule has 0 aromatic heterocycles. The second-order valence-corrected chi connectivity index (χ2v) is 8.77. The van der Waals surface area contributed by atoms with E-state index in [1.807, 2.05) is 0 Å². The molecule has 27 heavy (non-hydrogen) atoms. The van der Waals surface area contributed by atoms with E-state index in [2.05, 4.69) is 10.6 Å². The maximum atomic E-state index is 12.2. The van der Waals surface area contributed by atoms with Gasteiger partial charge in [0.15, 0.2) is 9.84 Å². The number of para-hydroxylation sites is 1. The van der Waals surface area contributed by atoms with Gasteiger partial charge in [-0.3, -0.25) is 4.79 Å². The molecule has 0 bridgehead atoms. The fourth-order valence-electron chi connectivity index (χ4n) is 3.05. The highest BCUT2D eigenvalue weighted by Crippen LogP contribution is 2.30. The average molecular weight is 388 g/mol. The zero-order chi connectivity index (χ0) is 19.3. The highest BCUT2D eigenvalue weighted by atomic mass is 32.2. The summed E-state index contributed by atoms with van der Waals surface area (Å²) in [4.78, 5) is 12.3. The Morgan fingerprint density at radius 2 is 1.93 bits per heavy atom. The first kappa shape index (κ1) is 19.4. The number of benzene rings is 2. The Hall–Kier alpha value is -2.38. The molecule has 1 aliphatic rings. The van der Waals surface area contributed by atoms with Gasteiger partial charge in [0.1, 0.15) is 16.4 Å². The minimum Gasteiger partial charge on any atom is -0.456 e. The van der Waals surface area contributed by atoms with Crippen LogP contribution in [0.15, 0.2) is 53.4 Å². The molecular formula is C20H24N2O4S. The number of nitrogens with one attached hydrogen (secondary N) is 2. The SMILES string of the molecule is CCS(=O)(=O)c1ccccc1Oc1ccc(NC(=O)CC2CCCN2)cc1. The number of sulfone groups is 1. The van der Waals surface area contributed by atoms with Crippen LogP contribution in [0.25, 0.3) is 0 Å². The lowest BCUT2D eigenvalue weighted by Gasteiger charge is -2.12. The quantitative estimate of drug-likeness (QED) is 0.760. The maximum absolute atomic E-state index is 12.2. The number of carbonyl (C=O) groups is 1. The van der Waals surface area contributed by atoms with Crippen LogP contribution in [0, 0.1) is 0 Å². The standard InChI is InChI=1S/C20H24N2O4S/c1-2-27(24,25)19-8-4-3-7-18(19)26-17-11-9-15(10-12-17)22-20(23)14-16-6-5-13-21-16/h3-4,7-12,16,21H,2,5-6,13-14H2,1H3,(H,22,23). The molecule has 1 atom stereocenters. The molecule has 6 nitrogen and oxygen atoms in total. The van der Waals surface area contributed by atoms with Crippen LogP contribution in [-0.4, -0.2) is 32.7 Å². The Bertz CT molecular complexity index is 888. The number of amides is 1. The minimum atomic E-state index is -3.37. The van der Waals surface area contributed by atoms with Gasteiger partial charge >= 0.3 is 0 Å². The van der Waals surface area contributed by atoms with Crippen molar-refractivity contribution in [3.05, 3.63) is 48.5 Å². The van der Waals surface area contributed by atoms with E-state index >= 15 is 0 Å². The molecule has 3 rings (SSSR count). The third kappa shape index (κ3) is 5.08. The molecule has 2 aromatic carbocycles. The van der Waals surface area contributed by atoms with Crippen molar-refractivity contribution in [2.45, 2.75) is 37.1 Å². The Morgan fingerprint density at radius 1 is 1.19 bits per heavy atom. The first-order chi connectivity index (χ1) is 13.0. The fourth-order valence-corrected chi connectivity index (χ4v) is 4.06. The van der Waals surface area contributed by atoms with Gasteiger partial charge in [-0.05, 0) is 55.8 Å². The fraction of sp³-hybridized carbons (Fsp3) is 0.350. The minimum absolute atomic E-state index is 0.00813. The van der Waals surface area contributed by atoms with Crippen molar-refractivity contribution in [1.82, 2.24) is 5.32 Å². The molecular weight excluding hydrogens is 364 g/mol. The third-order valence-electron chi connectivity index (χ3n) is 4.52. The zero-order valence-corrected chi connectivity index (χ0v) is 16.1. The van der Waals surface area contributed by atoms with Gasteiger partial charge in [-0.25, -0.2) is 8.42 Å². The summed E-state index contributed by atoms with van der Waals surface area (Å²) in [5.74, 6) is 0.781. The van der Waals surface area contributed by atoms with Crippen molar-refractivity contribution in [1.29, 1.82) is 0 Å². The monoisotopic (exact) mass is 388 g/mol. The number of carbonyl (C=O) groups excluding carboxylic acids is 1. The van der Waals surface area contributed by atoms with Gasteiger partial charge in [-0.1, -0.05) is 19.1 Å². The molecule has 144 valence electrons. The average Bonchev–Trinajstić information content (AvgIpc) is 3.16. The predicted octanol–water partition coefficient (Wildman–Crippen LogP) is 3.35. The van der Waals surface area contributed by atoms with Crippen LogP contribution in [0.1, 0.15) is 26.2 Å². The Labute approximate surface area is 159 Å². The third-order valence-corrected chi connectivity index (χ3v) is 6.29.